The summed E-state index contributed by atoms with van der Waals surface area (Å²) in [5.41, 5.74) is 0. The molecule has 59 valence electrons. The lowest BCUT2D eigenvalue weighted by atomic mass is 10.3. The maximum atomic E-state index is 12.4. The topological polar surface area (TPSA) is 29.1 Å². The first-order valence-electron chi connectivity index (χ1n) is 2.90. The van der Waals surface area contributed by atoms with E-state index in [1.807, 2.05) is 0 Å². The van der Waals surface area contributed by atoms with Gasteiger partial charge < -0.3 is 4.74 Å². The smallest absolute Gasteiger partial charge is 0.221 e. The Morgan fingerprint density at radius 1 is 1.55 bits per heavy atom. The van der Waals surface area contributed by atoms with Crippen LogP contribution in [0.4, 0.5) is 4.39 Å². The van der Waals surface area contributed by atoms with E-state index in [0.29, 0.717) is 0 Å². The Balaban J connectivity index is 2.90. The molecule has 0 fully saturated rings. The van der Waals surface area contributed by atoms with Crippen molar-refractivity contribution in [2.75, 3.05) is 6.79 Å². The van der Waals surface area contributed by atoms with Crippen molar-refractivity contribution in [2.24, 2.45) is 0 Å². The molecule has 4 heteroatoms. The third-order valence-corrected chi connectivity index (χ3v) is 1.40. The van der Waals surface area contributed by atoms with Gasteiger partial charge in [-0.05, 0) is 18.2 Å². The summed E-state index contributed by atoms with van der Waals surface area (Å²) in [4.78, 5) is 0. The van der Waals surface area contributed by atoms with Crippen LogP contribution in [0.25, 0.3) is 0 Å². The molecule has 0 atom stereocenters. The second-order valence-electron chi connectivity index (χ2n) is 1.84. The maximum Gasteiger partial charge on any atom is 0.221 e. The fourth-order valence-electron chi connectivity index (χ4n) is 0.656. The predicted octanol–water partition coefficient (Wildman–Crippen LogP) is 2.25. The summed E-state index contributed by atoms with van der Waals surface area (Å²) in [6.45, 7) is -0.717. The number of hydrogen-bond acceptors (Lipinski definition) is 1. The van der Waals surface area contributed by atoms with Crippen molar-refractivity contribution < 1.29 is 14.2 Å². The summed E-state index contributed by atoms with van der Waals surface area (Å²) in [7, 11) is 0. The van der Waals surface area contributed by atoms with E-state index in [-0.39, 0.29) is 10.8 Å². The van der Waals surface area contributed by atoms with Crippen molar-refractivity contribution in [3.8, 4) is 5.75 Å². The zero-order chi connectivity index (χ0) is 8.27. The molecule has 1 aromatic rings. The van der Waals surface area contributed by atoms with Crippen LogP contribution in [0.1, 0.15) is 0 Å². The van der Waals surface area contributed by atoms with Crippen molar-refractivity contribution in [2.45, 2.75) is 0 Å². The van der Waals surface area contributed by atoms with E-state index in [2.05, 4.69) is 4.74 Å². The van der Waals surface area contributed by atoms with Crippen molar-refractivity contribution >= 4 is 11.6 Å². The summed E-state index contributed by atoms with van der Waals surface area (Å²) < 4.78 is 16.9. The van der Waals surface area contributed by atoms with E-state index in [1.165, 1.54) is 12.1 Å². The number of benzene rings is 1. The number of hydrogen-bond donors (Lipinski definition) is 0. The summed E-state index contributed by atoms with van der Waals surface area (Å²) in [6, 6.07) is 3.58. The Labute approximate surface area is 68.2 Å². The van der Waals surface area contributed by atoms with Crippen LogP contribution in [-0.4, -0.2) is 6.79 Å². The van der Waals surface area contributed by atoms with Crippen molar-refractivity contribution in [1.29, 1.82) is 0 Å². The SMILES string of the molecule is [O]COc1ccc(F)cc1Cl. The lowest BCUT2D eigenvalue weighted by molar-refractivity contribution is 0.0376. The molecule has 2 nitrogen and oxygen atoms in total. The molecule has 0 aliphatic carbocycles. The molecular formula is C7H5ClFO2. The average Bonchev–Trinajstić information content (AvgIpc) is 1.95. The highest BCUT2D eigenvalue weighted by atomic mass is 35.5. The lowest BCUT2D eigenvalue weighted by Gasteiger charge is -2.02. The van der Waals surface area contributed by atoms with Crippen LogP contribution >= 0.6 is 11.6 Å². The van der Waals surface area contributed by atoms with Crippen molar-refractivity contribution in [1.82, 2.24) is 0 Å². The summed E-state index contributed by atoms with van der Waals surface area (Å²) >= 11 is 5.50. The third kappa shape index (κ3) is 2.06. The maximum absolute atomic E-state index is 12.4. The Morgan fingerprint density at radius 3 is 2.82 bits per heavy atom. The molecule has 1 rings (SSSR count). The van der Waals surface area contributed by atoms with Gasteiger partial charge in [-0.1, -0.05) is 11.6 Å². The van der Waals surface area contributed by atoms with E-state index in [4.69, 9.17) is 11.6 Å². The van der Waals surface area contributed by atoms with Gasteiger partial charge in [0.1, 0.15) is 11.6 Å². The monoisotopic (exact) mass is 175 g/mol. The molecule has 0 amide bonds. The summed E-state index contributed by atoms with van der Waals surface area (Å²) in [6.07, 6.45) is 0. The molecule has 0 aliphatic rings. The van der Waals surface area contributed by atoms with E-state index >= 15 is 0 Å². The van der Waals surface area contributed by atoms with Gasteiger partial charge >= 0.3 is 0 Å². The van der Waals surface area contributed by atoms with Gasteiger partial charge in [-0.3, -0.25) is 0 Å². The van der Waals surface area contributed by atoms with Gasteiger partial charge in [0.2, 0.25) is 6.79 Å². The minimum atomic E-state index is -0.717. The van der Waals surface area contributed by atoms with Gasteiger partial charge in [0, 0.05) is 0 Å². The highest BCUT2D eigenvalue weighted by Gasteiger charge is 2.01. The first-order chi connectivity index (χ1) is 5.24. The van der Waals surface area contributed by atoms with Gasteiger partial charge in [-0.2, -0.15) is 5.11 Å². The van der Waals surface area contributed by atoms with Crippen LogP contribution in [0, 0.1) is 5.82 Å². The van der Waals surface area contributed by atoms with Crippen LogP contribution < -0.4 is 4.74 Å². The fraction of sp³-hybridized carbons (Fsp3) is 0.143. The summed E-state index contributed by atoms with van der Waals surface area (Å²) in [5, 5.41) is 10.1. The molecule has 0 aromatic heterocycles. The second-order valence-corrected chi connectivity index (χ2v) is 2.24. The highest BCUT2D eigenvalue weighted by Crippen LogP contribution is 2.24. The molecule has 0 saturated heterocycles. The van der Waals surface area contributed by atoms with Gasteiger partial charge in [-0.25, -0.2) is 4.39 Å². The first kappa shape index (κ1) is 8.30. The molecule has 0 saturated carbocycles. The first-order valence-corrected chi connectivity index (χ1v) is 3.28. The van der Waals surface area contributed by atoms with E-state index in [0.717, 1.165) is 6.07 Å². The van der Waals surface area contributed by atoms with Crippen LogP contribution in [0.3, 0.4) is 0 Å². The third-order valence-electron chi connectivity index (χ3n) is 1.11. The second kappa shape index (κ2) is 3.55. The van der Waals surface area contributed by atoms with Crippen molar-refractivity contribution in [3.63, 3.8) is 0 Å². The average molecular weight is 176 g/mol. The number of rotatable bonds is 2. The molecule has 0 bridgehead atoms. The summed E-state index contributed by atoms with van der Waals surface area (Å²) in [5.74, 6) is -0.240. The van der Waals surface area contributed by atoms with Crippen LogP contribution in [0.2, 0.25) is 5.02 Å². The van der Waals surface area contributed by atoms with Gasteiger partial charge in [-0.15, -0.1) is 0 Å². The Morgan fingerprint density at radius 2 is 2.27 bits per heavy atom. The van der Waals surface area contributed by atoms with Crippen molar-refractivity contribution in [3.05, 3.63) is 29.0 Å². The molecule has 0 spiro atoms. The quantitative estimate of drug-likeness (QED) is 0.634. The number of halogens is 2. The molecule has 11 heavy (non-hydrogen) atoms. The van der Waals surface area contributed by atoms with Crippen LogP contribution in [0.15, 0.2) is 18.2 Å². The molecule has 0 aliphatic heterocycles. The lowest BCUT2D eigenvalue weighted by Crippen LogP contribution is -1.93. The molecule has 0 N–H and O–H groups in total. The van der Waals surface area contributed by atoms with Gasteiger partial charge in [0.05, 0.1) is 5.02 Å². The number of ether oxygens (including phenoxy) is 1. The minimum Gasteiger partial charge on any atom is -0.463 e. The molecule has 0 heterocycles. The standard InChI is InChI=1S/C7H5ClFO2/c8-6-3-5(9)1-2-7(6)11-4-10/h1-3H,4H2. The zero-order valence-electron chi connectivity index (χ0n) is 5.51. The Kier molecular flexibility index (Phi) is 2.68. The molecule has 1 radical (unpaired) electrons. The Bertz CT molecular complexity index is 252. The van der Waals surface area contributed by atoms with Gasteiger partial charge in [0.15, 0.2) is 0 Å². The molecule has 0 unspecified atom stereocenters. The van der Waals surface area contributed by atoms with Crippen LogP contribution in [-0.2, 0) is 5.11 Å². The van der Waals surface area contributed by atoms with E-state index in [1.54, 1.807) is 0 Å². The highest BCUT2D eigenvalue weighted by molar-refractivity contribution is 6.32. The molecule has 1 aromatic carbocycles. The predicted molar refractivity (Wildman–Crippen MR) is 37.6 cm³/mol. The normalized spacial score (nSPS) is 9.73. The van der Waals surface area contributed by atoms with Gasteiger partial charge in [0.25, 0.3) is 0 Å². The van der Waals surface area contributed by atoms with Crippen LogP contribution in [0.5, 0.6) is 5.75 Å². The Hall–Kier alpha value is -0.800. The molecular weight excluding hydrogens is 171 g/mol. The van der Waals surface area contributed by atoms with E-state index < -0.39 is 12.6 Å². The fourth-order valence-corrected chi connectivity index (χ4v) is 0.878. The largest absolute Gasteiger partial charge is 0.463 e. The van der Waals surface area contributed by atoms with E-state index in [9.17, 15) is 9.50 Å². The minimum absolute atomic E-state index is 0.112. The zero-order valence-corrected chi connectivity index (χ0v) is 6.27.